The maximum absolute atomic E-state index is 14.0. The summed E-state index contributed by atoms with van der Waals surface area (Å²) in [6.45, 7) is 1.13. The molecule has 1 aliphatic rings. The van der Waals surface area contributed by atoms with Crippen LogP contribution in [0.15, 0.2) is 36.4 Å². The van der Waals surface area contributed by atoms with E-state index in [1.807, 2.05) is 0 Å². The number of benzene rings is 2. The molecule has 2 aromatic carbocycles. The monoisotopic (exact) mass is 599 g/mol. The molecule has 0 heterocycles. The van der Waals surface area contributed by atoms with Crippen LogP contribution in [-0.4, -0.2) is 64.2 Å². The molecule has 0 saturated heterocycles. The predicted octanol–water partition coefficient (Wildman–Crippen LogP) is 4.64. The number of hydrogen-bond donors (Lipinski definition) is 1. The van der Waals surface area contributed by atoms with Gasteiger partial charge >= 0.3 is 0 Å². The number of rotatable bonds is 12. The van der Waals surface area contributed by atoms with Gasteiger partial charge in [0.25, 0.3) is 0 Å². The third kappa shape index (κ3) is 7.70. The Hall–Kier alpha value is -2.69. The minimum absolute atomic E-state index is 0.0426. The summed E-state index contributed by atoms with van der Waals surface area (Å²) in [7, 11) is -1.11. The number of nitrogens with one attached hydrogen (secondary N) is 1. The first kappa shape index (κ1) is 30.8. The number of hydrogen-bond acceptors (Lipinski definition) is 6. The molecule has 0 radical (unpaired) electrons. The first-order chi connectivity index (χ1) is 18.5. The zero-order chi connectivity index (χ0) is 28.7. The number of carbonyl (C=O) groups is 2. The van der Waals surface area contributed by atoms with Crippen LogP contribution in [0.5, 0.6) is 11.5 Å². The van der Waals surface area contributed by atoms with E-state index in [2.05, 4.69) is 5.32 Å². The van der Waals surface area contributed by atoms with Gasteiger partial charge in [-0.3, -0.25) is 13.9 Å². The molecule has 9 nitrogen and oxygen atoms in total. The van der Waals surface area contributed by atoms with Crippen LogP contribution in [0.2, 0.25) is 10.0 Å². The van der Waals surface area contributed by atoms with Crippen molar-refractivity contribution in [2.75, 3.05) is 31.3 Å². The average Bonchev–Trinajstić information content (AvgIpc) is 3.40. The molecule has 1 N–H and O–H groups in total. The molecule has 2 amide bonds. The highest BCUT2D eigenvalue weighted by Gasteiger charge is 2.34. The molecule has 214 valence electrons. The maximum Gasteiger partial charge on any atom is 0.244 e. The molecule has 0 aliphatic heterocycles. The maximum atomic E-state index is 14.0. The minimum atomic E-state index is -3.97. The van der Waals surface area contributed by atoms with Crippen LogP contribution in [-0.2, 0) is 26.2 Å². The Labute approximate surface area is 240 Å². The highest BCUT2D eigenvalue weighted by molar-refractivity contribution is 7.92. The highest BCUT2D eigenvalue weighted by Crippen LogP contribution is 2.34. The Kier molecular flexibility index (Phi) is 10.7. The quantitative estimate of drug-likeness (QED) is 0.381. The van der Waals surface area contributed by atoms with Gasteiger partial charge in [-0.05, 0) is 43.5 Å². The van der Waals surface area contributed by atoms with E-state index in [0.717, 1.165) is 36.2 Å². The summed E-state index contributed by atoms with van der Waals surface area (Å²) in [5, 5.41) is 3.73. The normalized spacial score (nSPS) is 14.5. The van der Waals surface area contributed by atoms with E-state index < -0.39 is 28.5 Å². The zero-order valence-corrected chi connectivity index (χ0v) is 24.9. The molecule has 1 unspecified atom stereocenters. The van der Waals surface area contributed by atoms with Gasteiger partial charge in [0.1, 0.15) is 24.1 Å². The molecule has 3 rings (SSSR count). The lowest BCUT2D eigenvalue weighted by Gasteiger charge is -2.34. The second-order valence-electron chi connectivity index (χ2n) is 9.44. The summed E-state index contributed by atoms with van der Waals surface area (Å²) in [4.78, 5) is 28.8. The fourth-order valence-electron chi connectivity index (χ4n) is 4.73. The number of nitrogens with zero attached hydrogens (tertiary/aromatic N) is 2. The van der Waals surface area contributed by atoms with E-state index in [1.165, 1.54) is 25.2 Å². The summed E-state index contributed by atoms with van der Waals surface area (Å²) in [5.74, 6) is -0.282. The number of sulfonamides is 1. The topological polar surface area (TPSA) is 105 Å². The summed E-state index contributed by atoms with van der Waals surface area (Å²) in [5.41, 5.74) is 0.595. The lowest BCUT2D eigenvalue weighted by atomic mass is 10.1. The SMILES string of the molecule is CCC(C(=O)NC1CCCC1)N(Cc1c(Cl)cccc1Cl)C(=O)CN(c1cc(OC)ccc1OC)S(C)(=O)=O. The average molecular weight is 601 g/mol. The molecule has 1 fully saturated rings. The van der Waals surface area contributed by atoms with E-state index in [1.54, 1.807) is 37.3 Å². The molecule has 1 saturated carbocycles. The van der Waals surface area contributed by atoms with Gasteiger partial charge < -0.3 is 19.7 Å². The fourth-order valence-corrected chi connectivity index (χ4v) is 6.09. The number of halogens is 2. The van der Waals surface area contributed by atoms with Crippen molar-refractivity contribution in [2.45, 2.75) is 57.7 Å². The molecular formula is C27H35Cl2N3O6S. The second kappa shape index (κ2) is 13.6. The van der Waals surface area contributed by atoms with Crippen LogP contribution in [0.1, 0.15) is 44.6 Å². The van der Waals surface area contributed by atoms with Crippen molar-refractivity contribution < 1.29 is 27.5 Å². The Morgan fingerprint density at radius 2 is 1.72 bits per heavy atom. The molecule has 39 heavy (non-hydrogen) atoms. The third-order valence-corrected chi connectivity index (χ3v) is 8.65. The van der Waals surface area contributed by atoms with Crippen molar-refractivity contribution in [3.63, 3.8) is 0 Å². The van der Waals surface area contributed by atoms with Crippen molar-refractivity contribution in [1.29, 1.82) is 0 Å². The minimum Gasteiger partial charge on any atom is -0.497 e. The third-order valence-electron chi connectivity index (χ3n) is 6.81. The Morgan fingerprint density at radius 3 is 2.26 bits per heavy atom. The number of methoxy groups -OCH3 is 2. The summed E-state index contributed by atoms with van der Waals surface area (Å²) >= 11 is 12.9. The van der Waals surface area contributed by atoms with Crippen LogP contribution in [0.3, 0.4) is 0 Å². The van der Waals surface area contributed by atoms with Crippen LogP contribution in [0, 0.1) is 0 Å². The standard InChI is InChI=1S/C27H35Cl2N3O6S/c1-5-23(27(34)30-18-9-6-7-10-18)31(16-20-21(28)11-8-12-22(20)29)26(33)17-32(39(4,35)36)24-15-19(37-2)13-14-25(24)38-3/h8,11-15,18,23H,5-7,9-10,16-17H2,1-4H3,(H,30,34). The van der Waals surface area contributed by atoms with Gasteiger partial charge in [-0.2, -0.15) is 0 Å². The van der Waals surface area contributed by atoms with Gasteiger partial charge in [0.2, 0.25) is 21.8 Å². The molecule has 2 aromatic rings. The summed E-state index contributed by atoms with van der Waals surface area (Å²) in [6, 6.07) is 8.81. The molecule has 1 aliphatic carbocycles. The van der Waals surface area contributed by atoms with Crippen LogP contribution < -0.4 is 19.1 Å². The first-order valence-corrected chi connectivity index (χ1v) is 15.3. The number of carbonyl (C=O) groups excluding carboxylic acids is 2. The number of anilines is 1. The van der Waals surface area contributed by atoms with Gasteiger partial charge in [0.15, 0.2) is 0 Å². The van der Waals surface area contributed by atoms with Crippen molar-refractivity contribution >= 4 is 50.7 Å². The van der Waals surface area contributed by atoms with Gasteiger partial charge in [0.05, 0.1) is 26.2 Å². The lowest BCUT2D eigenvalue weighted by molar-refractivity contribution is -0.140. The van der Waals surface area contributed by atoms with E-state index in [0.29, 0.717) is 27.8 Å². The van der Waals surface area contributed by atoms with Crippen LogP contribution in [0.25, 0.3) is 0 Å². The zero-order valence-electron chi connectivity index (χ0n) is 22.6. The van der Waals surface area contributed by atoms with Gasteiger partial charge in [-0.15, -0.1) is 0 Å². The summed E-state index contributed by atoms with van der Waals surface area (Å²) in [6.07, 6.45) is 5.12. The smallest absolute Gasteiger partial charge is 0.244 e. The Bertz CT molecular complexity index is 1260. The predicted molar refractivity (Wildman–Crippen MR) is 153 cm³/mol. The van der Waals surface area contributed by atoms with E-state index >= 15 is 0 Å². The summed E-state index contributed by atoms with van der Waals surface area (Å²) < 4.78 is 37.5. The fraction of sp³-hybridized carbons (Fsp3) is 0.481. The van der Waals surface area contributed by atoms with E-state index in [9.17, 15) is 18.0 Å². The van der Waals surface area contributed by atoms with Crippen molar-refractivity contribution in [1.82, 2.24) is 10.2 Å². The molecule has 0 aromatic heterocycles. The van der Waals surface area contributed by atoms with Gasteiger partial charge in [-0.1, -0.05) is 49.0 Å². The number of amides is 2. The van der Waals surface area contributed by atoms with E-state index in [4.69, 9.17) is 32.7 Å². The molecule has 12 heteroatoms. The lowest BCUT2D eigenvalue weighted by Crippen LogP contribution is -2.53. The molecular weight excluding hydrogens is 565 g/mol. The van der Waals surface area contributed by atoms with Crippen molar-refractivity contribution in [2.24, 2.45) is 0 Å². The van der Waals surface area contributed by atoms with Crippen LogP contribution in [0.4, 0.5) is 5.69 Å². The highest BCUT2D eigenvalue weighted by atomic mass is 35.5. The van der Waals surface area contributed by atoms with Crippen molar-refractivity contribution in [3.8, 4) is 11.5 Å². The van der Waals surface area contributed by atoms with Crippen molar-refractivity contribution in [3.05, 3.63) is 52.0 Å². The van der Waals surface area contributed by atoms with Gasteiger partial charge in [-0.25, -0.2) is 8.42 Å². The number of ether oxygens (including phenoxy) is 2. The molecule has 1 atom stereocenters. The van der Waals surface area contributed by atoms with Gasteiger partial charge in [0, 0.05) is 34.3 Å². The Morgan fingerprint density at radius 1 is 1.08 bits per heavy atom. The first-order valence-electron chi connectivity index (χ1n) is 12.7. The van der Waals surface area contributed by atoms with E-state index in [-0.39, 0.29) is 29.9 Å². The molecule has 0 spiro atoms. The largest absolute Gasteiger partial charge is 0.497 e. The second-order valence-corrected chi connectivity index (χ2v) is 12.2. The van der Waals surface area contributed by atoms with Crippen LogP contribution >= 0.6 is 23.2 Å². The molecule has 0 bridgehead atoms. The Balaban J connectivity index is 2.03.